The molecule has 0 spiro atoms. The normalized spacial score (nSPS) is 11.7. The van der Waals surface area contributed by atoms with Gasteiger partial charge in [0.1, 0.15) is 4.90 Å². The molecule has 0 aliphatic rings. The van der Waals surface area contributed by atoms with E-state index in [0.29, 0.717) is 0 Å². The Bertz CT molecular complexity index is 700. The van der Waals surface area contributed by atoms with Crippen LogP contribution >= 0.6 is 38.9 Å². The predicted octanol–water partition coefficient (Wildman–Crippen LogP) is 3.35. The monoisotopic (exact) mass is 380 g/mol. The molecule has 1 N–H and O–H groups in total. The van der Waals surface area contributed by atoms with Crippen LogP contribution in [0, 0.1) is 6.92 Å². The van der Waals surface area contributed by atoms with Crippen LogP contribution in [0.1, 0.15) is 9.88 Å². The Labute approximate surface area is 129 Å². The Morgan fingerprint density at radius 2 is 2.21 bits per heavy atom. The van der Waals surface area contributed by atoms with Crippen LogP contribution in [0.15, 0.2) is 33.8 Å². The molecule has 1 aromatic heterocycles. The van der Waals surface area contributed by atoms with Gasteiger partial charge in [-0.15, -0.1) is 11.3 Å². The third kappa shape index (κ3) is 3.76. The van der Waals surface area contributed by atoms with Gasteiger partial charge in [0.15, 0.2) is 0 Å². The van der Waals surface area contributed by atoms with E-state index in [0.717, 1.165) is 14.4 Å². The zero-order chi connectivity index (χ0) is 14.0. The molecule has 0 saturated heterocycles. The Morgan fingerprint density at radius 3 is 2.79 bits per heavy atom. The van der Waals surface area contributed by atoms with Crippen LogP contribution in [0.25, 0.3) is 0 Å². The standard InChI is InChI=1S/C11H10BrClN2O2S2/c1-7-14-5-9(18-7)6-15-19(16,17)11-3-2-8(12)4-10(11)13/h2-5,15H,6H2,1H3. The molecule has 1 aromatic carbocycles. The number of nitrogens with one attached hydrogen (secondary N) is 1. The summed E-state index contributed by atoms with van der Waals surface area (Å²) in [5, 5.41) is 1.08. The summed E-state index contributed by atoms with van der Waals surface area (Å²) in [5.41, 5.74) is 0. The van der Waals surface area contributed by atoms with Gasteiger partial charge in [-0.1, -0.05) is 27.5 Å². The van der Waals surface area contributed by atoms with Crippen molar-refractivity contribution < 1.29 is 8.42 Å². The molecule has 0 radical (unpaired) electrons. The molecule has 8 heteroatoms. The van der Waals surface area contributed by atoms with E-state index in [9.17, 15) is 8.42 Å². The lowest BCUT2D eigenvalue weighted by Crippen LogP contribution is -2.23. The topological polar surface area (TPSA) is 59.1 Å². The van der Waals surface area contributed by atoms with Crippen LogP contribution in [-0.2, 0) is 16.6 Å². The predicted molar refractivity (Wildman–Crippen MR) is 80.0 cm³/mol. The van der Waals surface area contributed by atoms with Crippen LogP contribution in [0.5, 0.6) is 0 Å². The fraction of sp³-hybridized carbons (Fsp3) is 0.182. The van der Waals surface area contributed by atoms with Crippen LogP contribution in [0.2, 0.25) is 5.02 Å². The average molecular weight is 382 g/mol. The van der Waals surface area contributed by atoms with Crippen LogP contribution < -0.4 is 4.72 Å². The van der Waals surface area contributed by atoms with Crippen molar-refractivity contribution in [3.63, 3.8) is 0 Å². The second-order valence-corrected chi connectivity index (χ2v) is 8.12. The summed E-state index contributed by atoms with van der Waals surface area (Å²) in [6.45, 7) is 2.08. The molecule has 0 aliphatic carbocycles. The third-order valence-corrected chi connectivity index (χ3v) is 5.58. The second kappa shape index (κ2) is 5.88. The average Bonchev–Trinajstić information content (AvgIpc) is 2.72. The maximum absolute atomic E-state index is 12.1. The lowest BCUT2D eigenvalue weighted by molar-refractivity contribution is 0.582. The number of aryl methyl sites for hydroxylation is 1. The summed E-state index contributed by atoms with van der Waals surface area (Å²) < 4.78 is 27.5. The molecule has 2 aromatic rings. The minimum absolute atomic E-state index is 0.0682. The minimum Gasteiger partial charge on any atom is -0.250 e. The van der Waals surface area contributed by atoms with Crippen molar-refractivity contribution in [3.8, 4) is 0 Å². The van der Waals surface area contributed by atoms with Crippen LogP contribution in [0.3, 0.4) is 0 Å². The molecule has 0 aliphatic heterocycles. The van der Waals surface area contributed by atoms with Crippen molar-refractivity contribution in [3.05, 3.63) is 43.8 Å². The van der Waals surface area contributed by atoms with Crippen molar-refractivity contribution in [1.82, 2.24) is 9.71 Å². The number of sulfonamides is 1. The van der Waals surface area contributed by atoms with Gasteiger partial charge in [0, 0.05) is 22.1 Å². The Kier molecular flexibility index (Phi) is 4.62. The largest absolute Gasteiger partial charge is 0.250 e. The Hall–Kier alpha value is -0.470. The first-order valence-corrected chi connectivity index (χ1v) is 8.71. The molecule has 0 fully saturated rings. The van der Waals surface area contributed by atoms with E-state index in [1.54, 1.807) is 18.3 Å². The first kappa shape index (κ1) is 14.9. The quantitative estimate of drug-likeness (QED) is 0.883. The van der Waals surface area contributed by atoms with Gasteiger partial charge in [0.05, 0.1) is 10.0 Å². The lowest BCUT2D eigenvalue weighted by Gasteiger charge is -2.07. The van der Waals surface area contributed by atoms with Crippen molar-refractivity contribution in [2.45, 2.75) is 18.4 Å². The van der Waals surface area contributed by atoms with Crippen molar-refractivity contribution in [2.24, 2.45) is 0 Å². The van der Waals surface area contributed by atoms with Crippen LogP contribution in [0.4, 0.5) is 0 Å². The van der Waals surface area contributed by atoms with Gasteiger partial charge in [-0.05, 0) is 25.1 Å². The van der Waals surface area contributed by atoms with Gasteiger partial charge in [-0.25, -0.2) is 18.1 Å². The SMILES string of the molecule is Cc1ncc(CNS(=O)(=O)c2ccc(Br)cc2Cl)s1. The van der Waals surface area contributed by atoms with E-state index in [1.807, 2.05) is 6.92 Å². The summed E-state index contributed by atoms with van der Waals surface area (Å²) in [6.07, 6.45) is 1.66. The first-order chi connectivity index (χ1) is 8.88. The summed E-state index contributed by atoms with van der Waals surface area (Å²) in [7, 11) is -3.62. The fourth-order valence-corrected chi connectivity index (χ4v) is 4.29. The van der Waals surface area contributed by atoms with Gasteiger partial charge in [-0.2, -0.15) is 0 Å². The summed E-state index contributed by atoms with van der Waals surface area (Å²) >= 11 is 10.6. The number of halogens is 2. The van der Waals surface area contributed by atoms with Gasteiger partial charge >= 0.3 is 0 Å². The Morgan fingerprint density at radius 1 is 1.47 bits per heavy atom. The zero-order valence-electron chi connectivity index (χ0n) is 9.85. The highest BCUT2D eigenvalue weighted by atomic mass is 79.9. The molecule has 0 unspecified atom stereocenters. The summed E-state index contributed by atoms with van der Waals surface area (Å²) in [4.78, 5) is 4.99. The number of hydrogen-bond acceptors (Lipinski definition) is 4. The lowest BCUT2D eigenvalue weighted by atomic mass is 10.4. The van der Waals surface area contributed by atoms with Gasteiger partial charge in [-0.3, -0.25) is 0 Å². The maximum atomic E-state index is 12.1. The van der Waals surface area contributed by atoms with E-state index in [2.05, 4.69) is 25.6 Å². The number of rotatable bonds is 4. The highest BCUT2D eigenvalue weighted by Crippen LogP contribution is 2.25. The summed E-state index contributed by atoms with van der Waals surface area (Å²) in [6, 6.07) is 4.65. The molecule has 4 nitrogen and oxygen atoms in total. The molecular weight excluding hydrogens is 372 g/mol. The first-order valence-electron chi connectivity index (χ1n) is 5.24. The molecule has 1 heterocycles. The molecule has 0 bridgehead atoms. The van der Waals surface area contributed by atoms with Crippen LogP contribution in [-0.4, -0.2) is 13.4 Å². The molecule has 0 atom stereocenters. The third-order valence-electron chi connectivity index (χ3n) is 2.29. The number of hydrogen-bond donors (Lipinski definition) is 1. The maximum Gasteiger partial charge on any atom is 0.242 e. The van der Waals surface area contributed by atoms with E-state index >= 15 is 0 Å². The number of aromatic nitrogens is 1. The van der Waals surface area contributed by atoms with Crippen molar-refractivity contribution in [1.29, 1.82) is 0 Å². The fourth-order valence-electron chi connectivity index (χ4n) is 1.42. The molecule has 2 rings (SSSR count). The highest BCUT2D eigenvalue weighted by Gasteiger charge is 2.18. The molecule has 0 saturated carbocycles. The number of nitrogens with zero attached hydrogens (tertiary/aromatic N) is 1. The summed E-state index contributed by atoms with van der Waals surface area (Å²) in [5.74, 6) is 0. The molecule has 102 valence electrons. The van der Waals surface area contributed by atoms with E-state index in [-0.39, 0.29) is 16.5 Å². The molecular formula is C11H10BrClN2O2S2. The smallest absolute Gasteiger partial charge is 0.242 e. The minimum atomic E-state index is -3.62. The van der Waals surface area contributed by atoms with Crippen molar-refractivity contribution >= 4 is 48.9 Å². The second-order valence-electron chi connectivity index (χ2n) is 3.74. The van der Waals surface area contributed by atoms with Gasteiger partial charge in [0.25, 0.3) is 0 Å². The Balaban J connectivity index is 2.18. The van der Waals surface area contributed by atoms with E-state index in [1.165, 1.54) is 17.4 Å². The zero-order valence-corrected chi connectivity index (χ0v) is 13.8. The molecule has 19 heavy (non-hydrogen) atoms. The molecule has 0 amide bonds. The number of thiazole rings is 1. The van der Waals surface area contributed by atoms with E-state index in [4.69, 9.17) is 11.6 Å². The number of benzene rings is 1. The van der Waals surface area contributed by atoms with Crippen molar-refractivity contribution in [2.75, 3.05) is 0 Å². The van der Waals surface area contributed by atoms with E-state index < -0.39 is 10.0 Å². The van der Waals surface area contributed by atoms with Gasteiger partial charge < -0.3 is 0 Å². The highest BCUT2D eigenvalue weighted by molar-refractivity contribution is 9.10. The van der Waals surface area contributed by atoms with Gasteiger partial charge in [0.2, 0.25) is 10.0 Å².